The van der Waals surface area contributed by atoms with E-state index in [0.717, 1.165) is 12.8 Å². The Morgan fingerprint density at radius 2 is 2.20 bits per heavy atom. The van der Waals surface area contributed by atoms with Crippen LogP contribution < -0.4 is 10.5 Å². The fourth-order valence-corrected chi connectivity index (χ4v) is 2.23. The highest BCUT2D eigenvalue weighted by molar-refractivity contribution is 9.10. The van der Waals surface area contributed by atoms with Crippen molar-refractivity contribution in [2.75, 3.05) is 13.7 Å². The number of hydrogen-bond donors (Lipinski definition) is 1. The maximum Gasteiger partial charge on any atom is 0.144 e. The predicted molar refractivity (Wildman–Crippen MR) is 60.6 cm³/mol. The van der Waals surface area contributed by atoms with Crippen molar-refractivity contribution in [3.63, 3.8) is 0 Å². The van der Waals surface area contributed by atoms with Gasteiger partial charge in [0.25, 0.3) is 0 Å². The average Bonchev–Trinajstić information content (AvgIpc) is 3.02. The number of rotatable bonds is 3. The zero-order chi connectivity index (χ0) is 11.1. The van der Waals surface area contributed by atoms with Gasteiger partial charge in [-0.15, -0.1) is 0 Å². The van der Waals surface area contributed by atoms with Gasteiger partial charge in [0.15, 0.2) is 0 Å². The van der Waals surface area contributed by atoms with Crippen LogP contribution in [-0.4, -0.2) is 13.7 Å². The summed E-state index contributed by atoms with van der Waals surface area (Å²) in [7, 11) is 1.55. The van der Waals surface area contributed by atoms with E-state index < -0.39 is 0 Å². The third kappa shape index (κ3) is 1.66. The summed E-state index contributed by atoms with van der Waals surface area (Å²) in [6, 6.07) is 3.43. The zero-order valence-corrected chi connectivity index (χ0v) is 10.1. The Bertz CT molecular complexity index is 390. The molecule has 0 bridgehead atoms. The Morgan fingerprint density at radius 1 is 1.53 bits per heavy atom. The van der Waals surface area contributed by atoms with Crippen molar-refractivity contribution >= 4 is 15.9 Å². The van der Waals surface area contributed by atoms with E-state index in [2.05, 4.69) is 15.9 Å². The Labute approximate surface area is 96.7 Å². The number of nitrogens with two attached hydrogens (primary N) is 1. The highest BCUT2D eigenvalue weighted by Crippen LogP contribution is 2.52. The smallest absolute Gasteiger partial charge is 0.144 e. The lowest BCUT2D eigenvalue weighted by molar-refractivity contribution is 0.396. The summed E-state index contributed by atoms with van der Waals surface area (Å²) in [6.45, 7) is 0.469. The van der Waals surface area contributed by atoms with Crippen LogP contribution in [0.25, 0.3) is 0 Å². The van der Waals surface area contributed by atoms with Crippen molar-refractivity contribution < 1.29 is 9.13 Å². The van der Waals surface area contributed by atoms with E-state index in [-0.39, 0.29) is 11.2 Å². The molecule has 82 valence electrons. The number of methoxy groups -OCH3 is 1. The fourth-order valence-electron chi connectivity index (χ4n) is 1.90. The van der Waals surface area contributed by atoms with Gasteiger partial charge in [-0.1, -0.05) is 0 Å². The minimum Gasteiger partial charge on any atom is -0.496 e. The number of halogens is 2. The summed E-state index contributed by atoms with van der Waals surface area (Å²) in [5, 5.41) is 0. The summed E-state index contributed by atoms with van der Waals surface area (Å²) in [6.07, 6.45) is 1.88. The molecule has 1 aliphatic carbocycles. The lowest BCUT2D eigenvalue weighted by atomic mass is 9.94. The minimum absolute atomic E-state index is 0.195. The fraction of sp³-hybridized carbons (Fsp3) is 0.455. The molecule has 0 aromatic heterocycles. The third-order valence-corrected chi connectivity index (χ3v) is 3.66. The first-order valence-electron chi connectivity index (χ1n) is 4.87. The lowest BCUT2D eigenvalue weighted by Crippen LogP contribution is -2.22. The third-order valence-electron chi connectivity index (χ3n) is 3.05. The van der Waals surface area contributed by atoms with Crippen molar-refractivity contribution in [3.05, 3.63) is 28.0 Å². The first-order chi connectivity index (χ1) is 7.14. The van der Waals surface area contributed by atoms with Gasteiger partial charge < -0.3 is 10.5 Å². The van der Waals surface area contributed by atoms with Gasteiger partial charge in [-0.3, -0.25) is 0 Å². The molecular weight excluding hydrogens is 261 g/mol. The maximum absolute atomic E-state index is 14.0. The largest absolute Gasteiger partial charge is 0.496 e. The Balaban J connectivity index is 2.57. The predicted octanol–water partition coefficient (Wildman–Crippen LogP) is 2.59. The van der Waals surface area contributed by atoms with E-state index in [1.54, 1.807) is 19.2 Å². The van der Waals surface area contributed by atoms with Crippen LogP contribution in [0.2, 0.25) is 0 Å². The molecule has 1 aliphatic rings. The van der Waals surface area contributed by atoms with Gasteiger partial charge in [0, 0.05) is 17.5 Å². The standard InChI is InChI=1S/C11H13BrFNO/c1-15-8-3-2-7(12)10(13)9(8)11(6-14)4-5-11/h2-3H,4-6,14H2,1H3. The SMILES string of the molecule is COc1ccc(Br)c(F)c1C1(CN)CC1. The van der Waals surface area contributed by atoms with Gasteiger partial charge >= 0.3 is 0 Å². The molecule has 0 radical (unpaired) electrons. The van der Waals surface area contributed by atoms with E-state index in [0.29, 0.717) is 22.3 Å². The molecule has 0 unspecified atom stereocenters. The molecule has 4 heteroatoms. The second-order valence-electron chi connectivity index (χ2n) is 3.92. The molecule has 1 fully saturated rings. The van der Waals surface area contributed by atoms with Crippen LogP contribution in [0.15, 0.2) is 16.6 Å². The quantitative estimate of drug-likeness (QED) is 0.919. The van der Waals surface area contributed by atoms with Crippen LogP contribution in [0.5, 0.6) is 5.75 Å². The summed E-state index contributed by atoms with van der Waals surface area (Å²) in [4.78, 5) is 0. The molecule has 0 aliphatic heterocycles. The monoisotopic (exact) mass is 273 g/mol. The van der Waals surface area contributed by atoms with Crippen LogP contribution in [0, 0.1) is 5.82 Å². The van der Waals surface area contributed by atoms with Gasteiger partial charge in [0.05, 0.1) is 11.6 Å². The van der Waals surface area contributed by atoms with Crippen LogP contribution in [0.1, 0.15) is 18.4 Å². The number of ether oxygens (including phenoxy) is 1. The van der Waals surface area contributed by atoms with Crippen molar-refractivity contribution in [2.45, 2.75) is 18.3 Å². The highest BCUT2D eigenvalue weighted by atomic mass is 79.9. The highest BCUT2D eigenvalue weighted by Gasteiger charge is 2.47. The lowest BCUT2D eigenvalue weighted by Gasteiger charge is -2.18. The van der Waals surface area contributed by atoms with E-state index in [1.807, 2.05) is 0 Å². The van der Waals surface area contributed by atoms with Gasteiger partial charge in [0.1, 0.15) is 11.6 Å². The minimum atomic E-state index is -0.239. The van der Waals surface area contributed by atoms with Crippen molar-refractivity contribution in [3.8, 4) is 5.75 Å². The van der Waals surface area contributed by atoms with E-state index in [9.17, 15) is 4.39 Å². The van der Waals surface area contributed by atoms with Gasteiger partial charge in [-0.05, 0) is 40.9 Å². The molecule has 15 heavy (non-hydrogen) atoms. The molecule has 0 saturated heterocycles. The van der Waals surface area contributed by atoms with Gasteiger partial charge in [0.2, 0.25) is 0 Å². The van der Waals surface area contributed by atoms with Crippen LogP contribution in [0.3, 0.4) is 0 Å². The summed E-state index contributed by atoms with van der Waals surface area (Å²) >= 11 is 3.19. The van der Waals surface area contributed by atoms with Crippen LogP contribution >= 0.6 is 15.9 Å². The molecule has 2 N–H and O–H groups in total. The Kier molecular flexibility index (Phi) is 2.73. The summed E-state index contributed by atoms with van der Waals surface area (Å²) in [5.41, 5.74) is 6.14. The molecule has 0 heterocycles. The molecule has 1 saturated carbocycles. The molecule has 2 nitrogen and oxygen atoms in total. The van der Waals surface area contributed by atoms with Crippen molar-refractivity contribution in [1.29, 1.82) is 0 Å². The number of benzene rings is 1. The molecule has 0 amide bonds. The van der Waals surface area contributed by atoms with Crippen molar-refractivity contribution in [2.24, 2.45) is 5.73 Å². The summed E-state index contributed by atoms with van der Waals surface area (Å²) < 4.78 is 19.7. The first kappa shape index (κ1) is 10.9. The Hall–Kier alpha value is -0.610. The average molecular weight is 274 g/mol. The zero-order valence-electron chi connectivity index (χ0n) is 8.52. The molecule has 0 atom stereocenters. The summed E-state index contributed by atoms with van der Waals surface area (Å²) in [5.74, 6) is 0.357. The molecular formula is C11H13BrFNO. The second-order valence-corrected chi connectivity index (χ2v) is 4.78. The molecule has 1 aromatic carbocycles. The first-order valence-corrected chi connectivity index (χ1v) is 5.66. The van der Waals surface area contributed by atoms with Gasteiger partial charge in [-0.25, -0.2) is 4.39 Å². The van der Waals surface area contributed by atoms with Crippen LogP contribution in [0.4, 0.5) is 4.39 Å². The van der Waals surface area contributed by atoms with Crippen LogP contribution in [-0.2, 0) is 5.41 Å². The Morgan fingerprint density at radius 3 is 2.67 bits per heavy atom. The number of hydrogen-bond acceptors (Lipinski definition) is 2. The maximum atomic E-state index is 14.0. The van der Waals surface area contributed by atoms with Crippen molar-refractivity contribution in [1.82, 2.24) is 0 Å². The topological polar surface area (TPSA) is 35.2 Å². The molecule has 2 rings (SSSR count). The second kappa shape index (κ2) is 3.76. The molecule has 0 spiro atoms. The van der Waals surface area contributed by atoms with E-state index >= 15 is 0 Å². The van der Waals surface area contributed by atoms with E-state index in [4.69, 9.17) is 10.5 Å². The molecule has 1 aromatic rings. The van der Waals surface area contributed by atoms with E-state index in [1.165, 1.54) is 0 Å². The van der Waals surface area contributed by atoms with Gasteiger partial charge in [-0.2, -0.15) is 0 Å². The normalized spacial score (nSPS) is 17.6.